The first-order valence-corrected chi connectivity index (χ1v) is 5.02. The highest BCUT2D eigenvalue weighted by atomic mass is 32.1. The summed E-state index contributed by atoms with van der Waals surface area (Å²) in [5, 5.41) is 2.18. The van der Waals surface area contributed by atoms with Crippen molar-refractivity contribution in [2.75, 3.05) is 0 Å². The van der Waals surface area contributed by atoms with Crippen LogP contribution in [-0.2, 0) is 6.42 Å². The van der Waals surface area contributed by atoms with Crippen LogP contribution in [0.25, 0.3) is 0 Å². The Bertz CT molecular complexity index is 254. The summed E-state index contributed by atoms with van der Waals surface area (Å²) in [6.07, 6.45) is 2.36. The molecule has 0 radical (unpaired) electrons. The molecule has 1 aromatic rings. The van der Waals surface area contributed by atoms with Crippen LogP contribution in [0, 0.1) is 0 Å². The first-order chi connectivity index (χ1) is 5.33. The van der Waals surface area contributed by atoms with Gasteiger partial charge in [-0.25, -0.2) is 0 Å². The molecule has 2 N–H and O–H groups in total. The second-order valence-electron chi connectivity index (χ2n) is 3.17. The Morgan fingerprint density at radius 1 is 1.73 bits per heavy atom. The molecule has 11 heavy (non-hydrogen) atoms. The molecule has 0 saturated heterocycles. The van der Waals surface area contributed by atoms with Gasteiger partial charge in [0, 0.05) is 16.8 Å². The lowest BCUT2D eigenvalue weighted by Gasteiger charge is -1.96. The fourth-order valence-corrected chi connectivity index (χ4v) is 2.67. The second kappa shape index (κ2) is 2.61. The van der Waals surface area contributed by atoms with Crippen LogP contribution in [0.4, 0.5) is 0 Å². The summed E-state index contributed by atoms with van der Waals surface area (Å²) in [5.41, 5.74) is 7.30. The van der Waals surface area contributed by atoms with Gasteiger partial charge in [0.2, 0.25) is 0 Å². The van der Waals surface area contributed by atoms with Crippen molar-refractivity contribution in [3.8, 4) is 0 Å². The zero-order valence-electron chi connectivity index (χ0n) is 6.71. The highest BCUT2D eigenvalue weighted by Crippen LogP contribution is 2.43. The molecule has 2 rings (SSSR count). The van der Waals surface area contributed by atoms with E-state index in [0.29, 0.717) is 12.0 Å². The van der Waals surface area contributed by atoms with Crippen molar-refractivity contribution < 1.29 is 0 Å². The van der Waals surface area contributed by atoms with E-state index in [-0.39, 0.29) is 0 Å². The van der Waals surface area contributed by atoms with Crippen LogP contribution in [0.2, 0.25) is 0 Å². The van der Waals surface area contributed by atoms with E-state index in [4.69, 9.17) is 5.73 Å². The van der Waals surface area contributed by atoms with E-state index in [1.165, 1.54) is 12.0 Å². The molecule has 2 atom stereocenters. The minimum atomic E-state index is 0.457. The third-order valence-corrected chi connectivity index (χ3v) is 3.43. The number of thiophene rings is 1. The number of aryl methyl sites for hydroxylation is 1. The summed E-state index contributed by atoms with van der Waals surface area (Å²) in [6.45, 7) is 2.21. The number of hydrogen-bond donors (Lipinski definition) is 1. The van der Waals surface area contributed by atoms with Crippen molar-refractivity contribution in [2.24, 2.45) is 5.73 Å². The molecule has 60 valence electrons. The SMILES string of the molecule is CCc1ccsc1C1CC1N. The summed E-state index contributed by atoms with van der Waals surface area (Å²) in [4.78, 5) is 1.54. The van der Waals surface area contributed by atoms with Gasteiger partial charge in [0.25, 0.3) is 0 Å². The summed E-state index contributed by atoms with van der Waals surface area (Å²) >= 11 is 1.87. The largest absolute Gasteiger partial charge is 0.327 e. The Hall–Kier alpha value is -0.340. The third kappa shape index (κ3) is 1.21. The van der Waals surface area contributed by atoms with Crippen LogP contribution in [-0.4, -0.2) is 6.04 Å². The van der Waals surface area contributed by atoms with Crippen molar-refractivity contribution >= 4 is 11.3 Å². The maximum Gasteiger partial charge on any atom is 0.0124 e. The zero-order valence-corrected chi connectivity index (χ0v) is 7.53. The van der Waals surface area contributed by atoms with Crippen LogP contribution < -0.4 is 5.73 Å². The molecule has 2 heteroatoms. The van der Waals surface area contributed by atoms with Crippen LogP contribution in [0.1, 0.15) is 29.7 Å². The summed E-state index contributed by atoms with van der Waals surface area (Å²) in [7, 11) is 0. The zero-order chi connectivity index (χ0) is 7.84. The van der Waals surface area contributed by atoms with E-state index in [1.807, 2.05) is 11.3 Å². The van der Waals surface area contributed by atoms with E-state index in [1.54, 1.807) is 4.88 Å². The quantitative estimate of drug-likeness (QED) is 0.717. The Balaban J connectivity index is 2.23. The van der Waals surface area contributed by atoms with Crippen molar-refractivity contribution in [1.82, 2.24) is 0 Å². The molecular weight excluding hydrogens is 154 g/mol. The monoisotopic (exact) mass is 167 g/mol. The molecule has 0 bridgehead atoms. The molecule has 1 aromatic heterocycles. The van der Waals surface area contributed by atoms with E-state index in [2.05, 4.69) is 18.4 Å². The smallest absolute Gasteiger partial charge is 0.0124 e. The highest BCUT2D eigenvalue weighted by molar-refractivity contribution is 7.10. The number of nitrogens with two attached hydrogens (primary N) is 1. The fourth-order valence-electron chi connectivity index (χ4n) is 1.48. The Labute approximate surface area is 71.2 Å². The minimum absolute atomic E-state index is 0.457. The predicted octanol–water partition coefficient (Wildman–Crippen LogP) is 2.13. The first-order valence-electron chi connectivity index (χ1n) is 4.14. The summed E-state index contributed by atoms with van der Waals surface area (Å²) < 4.78 is 0. The first kappa shape index (κ1) is 7.32. The van der Waals surface area contributed by atoms with E-state index in [9.17, 15) is 0 Å². The summed E-state index contributed by atoms with van der Waals surface area (Å²) in [5.74, 6) is 0.699. The van der Waals surface area contributed by atoms with Crippen molar-refractivity contribution in [2.45, 2.75) is 31.7 Å². The Morgan fingerprint density at radius 2 is 2.45 bits per heavy atom. The number of rotatable bonds is 2. The van der Waals surface area contributed by atoms with Crippen LogP contribution in [0.5, 0.6) is 0 Å². The van der Waals surface area contributed by atoms with Gasteiger partial charge in [-0.3, -0.25) is 0 Å². The second-order valence-corrected chi connectivity index (χ2v) is 4.12. The van der Waals surface area contributed by atoms with E-state index < -0.39 is 0 Å². The Kier molecular flexibility index (Phi) is 1.74. The lowest BCUT2D eigenvalue weighted by molar-refractivity contribution is 0.983. The highest BCUT2D eigenvalue weighted by Gasteiger charge is 2.36. The van der Waals surface area contributed by atoms with Gasteiger partial charge in [-0.1, -0.05) is 6.92 Å². The molecule has 1 nitrogen and oxygen atoms in total. The molecule has 1 fully saturated rings. The lowest BCUT2D eigenvalue weighted by Crippen LogP contribution is -2.00. The van der Waals surface area contributed by atoms with Gasteiger partial charge < -0.3 is 5.73 Å². The maximum absolute atomic E-state index is 5.79. The normalized spacial score (nSPS) is 28.9. The summed E-state index contributed by atoms with van der Waals surface area (Å²) in [6, 6.07) is 2.68. The number of hydrogen-bond acceptors (Lipinski definition) is 2. The van der Waals surface area contributed by atoms with Gasteiger partial charge in [-0.2, -0.15) is 0 Å². The maximum atomic E-state index is 5.79. The van der Waals surface area contributed by atoms with Crippen molar-refractivity contribution in [3.63, 3.8) is 0 Å². The van der Waals surface area contributed by atoms with Gasteiger partial charge in [0.1, 0.15) is 0 Å². The molecular formula is C9H13NS. The van der Waals surface area contributed by atoms with Crippen LogP contribution in [0.15, 0.2) is 11.4 Å². The Morgan fingerprint density at radius 3 is 3.00 bits per heavy atom. The average Bonchev–Trinajstić information content (AvgIpc) is 2.58. The topological polar surface area (TPSA) is 26.0 Å². The lowest BCUT2D eigenvalue weighted by atomic mass is 10.1. The molecule has 2 unspecified atom stereocenters. The van der Waals surface area contributed by atoms with Gasteiger partial charge >= 0.3 is 0 Å². The molecule has 0 spiro atoms. The molecule has 0 aromatic carbocycles. The molecule has 1 heterocycles. The van der Waals surface area contributed by atoms with E-state index >= 15 is 0 Å². The standard InChI is InChI=1S/C9H13NS/c1-2-6-3-4-11-9(6)7-5-8(7)10/h3-4,7-8H,2,5,10H2,1H3. The molecule has 0 amide bonds. The molecule has 0 aliphatic heterocycles. The van der Waals surface area contributed by atoms with Gasteiger partial charge in [-0.15, -0.1) is 11.3 Å². The molecule has 1 saturated carbocycles. The van der Waals surface area contributed by atoms with E-state index in [0.717, 1.165) is 6.42 Å². The van der Waals surface area contributed by atoms with Crippen molar-refractivity contribution in [1.29, 1.82) is 0 Å². The van der Waals surface area contributed by atoms with Gasteiger partial charge in [-0.05, 0) is 29.9 Å². The van der Waals surface area contributed by atoms with Gasteiger partial charge in [0.05, 0.1) is 0 Å². The predicted molar refractivity (Wildman–Crippen MR) is 49.0 cm³/mol. The molecule has 1 aliphatic carbocycles. The van der Waals surface area contributed by atoms with Crippen LogP contribution >= 0.6 is 11.3 Å². The van der Waals surface area contributed by atoms with Crippen molar-refractivity contribution in [3.05, 3.63) is 21.9 Å². The fraction of sp³-hybridized carbons (Fsp3) is 0.556. The average molecular weight is 167 g/mol. The van der Waals surface area contributed by atoms with Gasteiger partial charge in [0.15, 0.2) is 0 Å². The third-order valence-electron chi connectivity index (χ3n) is 2.34. The molecule has 1 aliphatic rings. The minimum Gasteiger partial charge on any atom is -0.327 e. The van der Waals surface area contributed by atoms with Crippen LogP contribution in [0.3, 0.4) is 0 Å².